The molecule has 1 N–H and O–H groups in total. The van der Waals surface area contributed by atoms with Crippen LogP contribution < -0.4 is 0 Å². The highest BCUT2D eigenvalue weighted by atomic mass is 16.4. The summed E-state index contributed by atoms with van der Waals surface area (Å²) in [7, 11) is 0. The van der Waals surface area contributed by atoms with Gasteiger partial charge < -0.3 is 5.11 Å². The maximum absolute atomic E-state index is 11.0. The van der Waals surface area contributed by atoms with Gasteiger partial charge >= 0.3 is 5.97 Å². The van der Waals surface area contributed by atoms with Gasteiger partial charge in [0.05, 0.1) is 0 Å². The molecule has 6 nitrogen and oxygen atoms in total. The van der Waals surface area contributed by atoms with Crippen molar-refractivity contribution >= 4 is 11.6 Å². The maximum atomic E-state index is 11.0. The van der Waals surface area contributed by atoms with Gasteiger partial charge in [0.15, 0.2) is 5.69 Å². The zero-order valence-corrected chi connectivity index (χ0v) is 10.1. The molecule has 3 heterocycles. The van der Waals surface area contributed by atoms with Crippen LogP contribution in [0.4, 0.5) is 0 Å². The number of rotatable bonds is 2. The Kier molecular flexibility index (Phi) is 2.49. The van der Waals surface area contributed by atoms with E-state index in [9.17, 15) is 4.79 Å². The zero-order chi connectivity index (χ0) is 13.4. The molecule has 0 unspecified atom stereocenters. The Hall–Kier alpha value is -2.76. The van der Waals surface area contributed by atoms with E-state index in [0.29, 0.717) is 11.5 Å². The number of carboxylic acid groups (broad SMARTS) is 1. The van der Waals surface area contributed by atoms with Crippen molar-refractivity contribution in [2.24, 2.45) is 0 Å². The standard InChI is InChI=1S/C13H10N4O2/c1-8-15-6-10(9-3-2-4-14-5-9)12-16-11(13(18)19)7-17(8)12/h2-7H,1H3,(H,18,19). The Balaban J connectivity index is 2.32. The van der Waals surface area contributed by atoms with E-state index >= 15 is 0 Å². The molecule has 3 rings (SSSR count). The van der Waals surface area contributed by atoms with Crippen LogP contribution in [0.1, 0.15) is 16.3 Å². The SMILES string of the molecule is Cc1ncc(-c2cccnc2)c2nc(C(=O)O)cn12. The lowest BCUT2D eigenvalue weighted by Gasteiger charge is -2.04. The third kappa shape index (κ3) is 1.83. The van der Waals surface area contributed by atoms with E-state index in [2.05, 4.69) is 15.0 Å². The molecule has 3 aromatic heterocycles. The number of hydrogen-bond acceptors (Lipinski definition) is 4. The lowest BCUT2D eigenvalue weighted by molar-refractivity contribution is 0.0691. The number of fused-ring (bicyclic) bond motifs is 1. The fourth-order valence-corrected chi connectivity index (χ4v) is 1.92. The lowest BCUT2D eigenvalue weighted by Crippen LogP contribution is -1.96. The summed E-state index contributed by atoms with van der Waals surface area (Å²) in [6.45, 7) is 1.80. The van der Waals surface area contributed by atoms with Gasteiger partial charge in [-0.3, -0.25) is 9.38 Å². The van der Waals surface area contributed by atoms with E-state index in [1.54, 1.807) is 29.9 Å². The van der Waals surface area contributed by atoms with E-state index in [1.807, 2.05) is 12.1 Å². The molecule has 0 fully saturated rings. The summed E-state index contributed by atoms with van der Waals surface area (Å²) in [6.07, 6.45) is 6.53. The Morgan fingerprint density at radius 2 is 2.21 bits per heavy atom. The molecule has 0 aliphatic rings. The quantitative estimate of drug-likeness (QED) is 0.754. The second-order valence-corrected chi connectivity index (χ2v) is 4.09. The van der Waals surface area contributed by atoms with Crippen LogP contribution in [0.15, 0.2) is 36.9 Å². The molecule has 6 heteroatoms. The van der Waals surface area contributed by atoms with Crippen molar-refractivity contribution in [3.05, 3.63) is 48.4 Å². The number of carboxylic acids is 1. The van der Waals surface area contributed by atoms with Gasteiger partial charge in [0.1, 0.15) is 11.5 Å². The summed E-state index contributed by atoms with van der Waals surface area (Å²) < 4.78 is 1.67. The largest absolute Gasteiger partial charge is 0.476 e. The fourth-order valence-electron chi connectivity index (χ4n) is 1.92. The number of pyridine rings is 1. The van der Waals surface area contributed by atoms with Crippen molar-refractivity contribution in [1.82, 2.24) is 19.4 Å². The molecule has 0 amide bonds. The number of aromatic carboxylic acids is 1. The summed E-state index contributed by atoms with van der Waals surface area (Å²) in [6, 6.07) is 3.70. The fraction of sp³-hybridized carbons (Fsp3) is 0.0769. The van der Waals surface area contributed by atoms with Crippen molar-refractivity contribution in [1.29, 1.82) is 0 Å². The first-order valence-electron chi connectivity index (χ1n) is 5.65. The van der Waals surface area contributed by atoms with Gasteiger partial charge in [-0.15, -0.1) is 0 Å². The smallest absolute Gasteiger partial charge is 0.356 e. The summed E-state index contributed by atoms with van der Waals surface area (Å²) >= 11 is 0. The summed E-state index contributed by atoms with van der Waals surface area (Å²) in [5.74, 6) is -0.372. The van der Waals surface area contributed by atoms with Gasteiger partial charge in [0, 0.05) is 35.9 Å². The first kappa shape index (κ1) is 11.3. The van der Waals surface area contributed by atoms with Crippen LogP contribution in [0.3, 0.4) is 0 Å². The molecular formula is C13H10N4O2. The summed E-state index contributed by atoms with van der Waals surface area (Å²) in [5, 5.41) is 9.03. The van der Waals surface area contributed by atoms with Crippen LogP contribution in [-0.4, -0.2) is 30.4 Å². The van der Waals surface area contributed by atoms with E-state index in [-0.39, 0.29) is 5.69 Å². The third-order valence-corrected chi connectivity index (χ3v) is 2.87. The molecule has 0 aliphatic carbocycles. The highest BCUT2D eigenvalue weighted by Crippen LogP contribution is 2.23. The summed E-state index contributed by atoms with van der Waals surface area (Å²) in [5.41, 5.74) is 2.17. The van der Waals surface area contributed by atoms with Gasteiger partial charge in [0.2, 0.25) is 0 Å². The number of aromatic nitrogens is 4. The Morgan fingerprint density at radius 3 is 2.89 bits per heavy atom. The van der Waals surface area contributed by atoms with Crippen LogP contribution in [0.2, 0.25) is 0 Å². The Bertz CT molecular complexity index is 765. The van der Waals surface area contributed by atoms with Gasteiger partial charge in [-0.1, -0.05) is 6.07 Å². The molecule has 0 aliphatic heterocycles. The zero-order valence-electron chi connectivity index (χ0n) is 10.1. The first-order chi connectivity index (χ1) is 9.16. The van der Waals surface area contributed by atoms with Gasteiger partial charge in [-0.2, -0.15) is 0 Å². The highest BCUT2D eigenvalue weighted by molar-refractivity contribution is 5.88. The van der Waals surface area contributed by atoms with Crippen LogP contribution >= 0.6 is 0 Å². The molecule has 0 bridgehead atoms. The van der Waals surface area contributed by atoms with Gasteiger partial charge in [-0.25, -0.2) is 14.8 Å². The average Bonchev–Trinajstić information content (AvgIpc) is 2.86. The second-order valence-electron chi connectivity index (χ2n) is 4.09. The van der Waals surface area contributed by atoms with Crippen LogP contribution in [0, 0.1) is 6.92 Å². The minimum Gasteiger partial charge on any atom is -0.476 e. The number of imidazole rings is 1. The Labute approximate surface area is 108 Å². The molecule has 94 valence electrons. The molecule has 3 aromatic rings. The molecule has 0 radical (unpaired) electrons. The molecule has 0 aromatic carbocycles. The molecule has 19 heavy (non-hydrogen) atoms. The minimum atomic E-state index is -1.06. The number of aryl methyl sites for hydroxylation is 1. The average molecular weight is 254 g/mol. The van der Waals surface area contributed by atoms with Crippen LogP contribution in [0.5, 0.6) is 0 Å². The normalized spacial score (nSPS) is 10.8. The topological polar surface area (TPSA) is 80.4 Å². The van der Waals surface area contributed by atoms with E-state index < -0.39 is 5.97 Å². The molecule has 0 spiro atoms. The van der Waals surface area contributed by atoms with Crippen LogP contribution in [0.25, 0.3) is 16.8 Å². The van der Waals surface area contributed by atoms with E-state index in [0.717, 1.165) is 11.1 Å². The molecule has 0 atom stereocenters. The van der Waals surface area contributed by atoms with Gasteiger partial charge in [-0.05, 0) is 13.0 Å². The summed E-state index contributed by atoms with van der Waals surface area (Å²) in [4.78, 5) is 23.5. The van der Waals surface area contributed by atoms with Crippen LogP contribution in [-0.2, 0) is 0 Å². The van der Waals surface area contributed by atoms with Crippen molar-refractivity contribution in [2.75, 3.05) is 0 Å². The van der Waals surface area contributed by atoms with E-state index in [1.165, 1.54) is 6.20 Å². The molecule has 0 saturated carbocycles. The van der Waals surface area contributed by atoms with Crippen molar-refractivity contribution < 1.29 is 9.90 Å². The monoisotopic (exact) mass is 254 g/mol. The maximum Gasteiger partial charge on any atom is 0.356 e. The highest BCUT2D eigenvalue weighted by Gasteiger charge is 2.14. The lowest BCUT2D eigenvalue weighted by atomic mass is 10.1. The van der Waals surface area contributed by atoms with Crippen molar-refractivity contribution in [3.63, 3.8) is 0 Å². The van der Waals surface area contributed by atoms with Crippen molar-refractivity contribution in [2.45, 2.75) is 6.92 Å². The number of carbonyl (C=O) groups is 1. The molecular weight excluding hydrogens is 244 g/mol. The second kappa shape index (κ2) is 4.16. The number of hydrogen-bond donors (Lipinski definition) is 1. The minimum absolute atomic E-state index is 0.00115. The predicted octanol–water partition coefficient (Wildman–Crippen LogP) is 1.80. The van der Waals surface area contributed by atoms with Gasteiger partial charge in [0.25, 0.3) is 0 Å². The van der Waals surface area contributed by atoms with E-state index in [4.69, 9.17) is 5.11 Å². The Morgan fingerprint density at radius 1 is 1.37 bits per heavy atom. The number of nitrogens with zero attached hydrogens (tertiary/aromatic N) is 4. The van der Waals surface area contributed by atoms with Crippen molar-refractivity contribution in [3.8, 4) is 11.1 Å². The third-order valence-electron chi connectivity index (χ3n) is 2.87. The first-order valence-corrected chi connectivity index (χ1v) is 5.65. The molecule has 0 saturated heterocycles. The predicted molar refractivity (Wildman–Crippen MR) is 67.9 cm³/mol.